The predicted octanol–water partition coefficient (Wildman–Crippen LogP) is 2.68. The summed E-state index contributed by atoms with van der Waals surface area (Å²) in [6.07, 6.45) is 0.825. The molecule has 0 heterocycles. The van der Waals surface area contributed by atoms with Crippen LogP contribution in [0.4, 0.5) is 0 Å². The summed E-state index contributed by atoms with van der Waals surface area (Å²) in [5.74, 6) is 1.66. The Bertz CT molecular complexity index is 436. The number of nitrogens with one attached hydrogen (secondary N) is 1. The maximum absolute atomic E-state index is 9.97. The van der Waals surface area contributed by atoms with Gasteiger partial charge in [0.1, 0.15) is 18.5 Å². The van der Waals surface area contributed by atoms with Gasteiger partial charge in [-0.1, -0.05) is 32.0 Å². The Kier molecular flexibility index (Phi) is 4.71. The number of hydrogen-bond acceptors (Lipinski definition) is 3. The Morgan fingerprint density at radius 3 is 2.50 bits per heavy atom. The summed E-state index contributed by atoms with van der Waals surface area (Å²) in [4.78, 5) is 0. The lowest BCUT2D eigenvalue weighted by atomic mass is 10.1. The molecule has 0 saturated heterocycles. The summed E-state index contributed by atoms with van der Waals surface area (Å²) >= 11 is 0. The van der Waals surface area contributed by atoms with E-state index in [1.165, 1.54) is 6.42 Å². The molecule has 0 spiro atoms. The molecule has 0 amide bonds. The minimum Gasteiger partial charge on any atom is -0.490 e. The average molecular weight is 277 g/mol. The number of aliphatic hydroxyl groups is 1. The number of rotatable bonds is 7. The highest BCUT2D eigenvalue weighted by Crippen LogP contribution is 2.50. The number of aryl methyl sites for hydroxylation is 2. The van der Waals surface area contributed by atoms with Crippen molar-refractivity contribution in [1.29, 1.82) is 0 Å². The third kappa shape index (κ3) is 3.97. The van der Waals surface area contributed by atoms with Gasteiger partial charge < -0.3 is 15.2 Å². The van der Waals surface area contributed by atoms with E-state index < -0.39 is 6.10 Å². The lowest BCUT2D eigenvalue weighted by Gasteiger charge is -2.16. The van der Waals surface area contributed by atoms with Crippen LogP contribution < -0.4 is 10.1 Å². The summed E-state index contributed by atoms with van der Waals surface area (Å²) in [7, 11) is 0. The number of para-hydroxylation sites is 1. The third-order valence-electron chi connectivity index (χ3n) is 4.32. The second kappa shape index (κ2) is 6.15. The molecule has 2 atom stereocenters. The van der Waals surface area contributed by atoms with Crippen molar-refractivity contribution in [3.63, 3.8) is 0 Å². The molecule has 1 aliphatic rings. The fourth-order valence-corrected chi connectivity index (χ4v) is 2.61. The van der Waals surface area contributed by atoms with Crippen molar-refractivity contribution >= 4 is 0 Å². The van der Waals surface area contributed by atoms with Gasteiger partial charge in [0.15, 0.2) is 0 Å². The van der Waals surface area contributed by atoms with Crippen LogP contribution in [0.2, 0.25) is 0 Å². The quantitative estimate of drug-likeness (QED) is 0.805. The largest absolute Gasteiger partial charge is 0.490 e. The second-order valence-electron chi connectivity index (χ2n) is 6.73. The van der Waals surface area contributed by atoms with E-state index in [0.717, 1.165) is 29.3 Å². The standard InChI is InChI=1S/C17H27NO2/c1-12-6-5-7-13(2)16(12)20-11-15(19)10-18-9-14-8-17(14,3)4/h5-7,14-15,18-19H,8-11H2,1-4H3. The van der Waals surface area contributed by atoms with Crippen LogP contribution in [0.5, 0.6) is 5.75 Å². The van der Waals surface area contributed by atoms with Crippen molar-refractivity contribution in [2.24, 2.45) is 11.3 Å². The molecule has 3 heteroatoms. The number of benzene rings is 1. The van der Waals surface area contributed by atoms with Crippen LogP contribution in [-0.4, -0.2) is 30.9 Å². The van der Waals surface area contributed by atoms with Crippen LogP contribution in [0, 0.1) is 25.2 Å². The summed E-state index contributed by atoms with van der Waals surface area (Å²) in [5.41, 5.74) is 2.72. The van der Waals surface area contributed by atoms with Gasteiger partial charge in [0.2, 0.25) is 0 Å². The summed E-state index contributed by atoms with van der Waals surface area (Å²) in [6.45, 7) is 10.6. The maximum Gasteiger partial charge on any atom is 0.125 e. The lowest BCUT2D eigenvalue weighted by molar-refractivity contribution is 0.105. The molecule has 1 aliphatic carbocycles. The molecule has 0 radical (unpaired) electrons. The van der Waals surface area contributed by atoms with Crippen molar-refractivity contribution in [2.45, 2.75) is 40.2 Å². The number of ether oxygens (including phenoxy) is 1. The first-order valence-corrected chi connectivity index (χ1v) is 7.48. The highest BCUT2D eigenvalue weighted by atomic mass is 16.5. The van der Waals surface area contributed by atoms with E-state index in [4.69, 9.17) is 4.74 Å². The van der Waals surface area contributed by atoms with Crippen molar-refractivity contribution in [2.75, 3.05) is 19.7 Å². The molecule has 0 aromatic heterocycles. The van der Waals surface area contributed by atoms with Gasteiger partial charge in [-0.15, -0.1) is 0 Å². The minimum absolute atomic E-state index is 0.340. The fourth-order valence-electron chi connectivity index (χ4n) is 2.61. The van der Waals surface area contributed by atoms with Gasteiger partial charge in [0.25, 0.3) is 0 Å². The van der Waals surface area contributed by atoms with Gasteiger partial charge in [-0.2, -0.15) is 0 Å². The molecule has 1 aromatic rings. The average Bonchev–Trinajstić information content (AvgIpc) is 2.96. The number of hydrogen-bond donors (Lipinski definition) is 2. The summed E-state index contributed by atoms with van der Waals surface area (Å²) in [6, 6.07) is 6.08. The Balaban J connectivity index is 1.68. The molecular formula is C17H27NO2. The van der Waals surface area contributed by atoms with E-state index in [-0.39, 0.29) is 0 Å². The third-order valence-corrected chi connectivity index (χ3v) is 4.32. The van der Waals surface area contributed by atoms with Gasteiger partial charge >= 0.3 is 0 Å². The van der Waals surface area contributed by atoms with Gasteiger partial charge in [-0.25, -0.2) is 0 Å². The lowest BCUT2D eigenvalue weighted by Crippen LogP contribution is -2.33. The first-order valence-electron chi connectivity index (χ1n) is 7.48. The zero-order chi connectivity index (χ0) is 14.8. The zero-order valence-corrected chi connectivity index (χ0v) is 13.1. The van der Waals surface area contributed by atoms with E-state index in [1.54, 1.807) is 0 Å². The smallest absolute Gasteiger partial charge is 0.125 e. The Morgan fingerprint density at radius 2 is 1.95 bits per heavy atom. The van der Waals surface area contributed by atoms with E-state index in [9.17, 15) is 5.11 Å². The molecule has 2 unspecified atom stereocenters. The summed E-state index contributed by atoms with van der Waals surface area (Å²) < 4.78 is 5.75. The highest BCUT2D eigenvalue weighted by Gasteiger charge is 2.44. The first-order chi connectivity index (χ1) is 9.40. The van der Waals surface area contributed by atoms with E-state index in [0.29, 0.717) is 18.6 Å². The van der Waals surface area contributed by atoms with Gasteiger partial charge in [-0.3, -0.25) is 0 Å². The molecular weight excluding hydrogens is 250 g/mol. The van der Waals surface area contributed by atoms with Crippen LogP contribution in [0.1, 0.15) is 31.4 Å². The first kappa shape index (κ1) is 15.3. The predicted molar refractivity (Wildman–Crippen MR) is 82.2 cm³/mol. The van der Waals surface area contributed by atoms with Crippen molar-refractivity contribution in [1.82, 2.24) is 5.32 Å². The van der Waals surface area contributed by atoms with E-state index >= 15 is 0 Å². The molecule has 3 nitrogen and oxygen atoms in total. The molecule has 112 valence electrons. The topological polar surface area (TPSA) is 41.5 Å². The van der Waals surface area contributed by atoms with Crippen molar-refractivity contribution < 1.29 is 9.84 Å². The maximum atomic E-state index is 9.97. The fraction of sp³-hybridized carbons (Fsp3) is 0.647. The van der Waals surface area contributed by atoms with Crippen molar-refractivity contribution in [3.8, 4) is 5.75 Å². The van der Waals surface area contributed by atoms with E-state index in [1.807, 2.05) is 32.0 Å². The van der Waals surface area contributed by atoms with E-state index in [2.05, 4.69) is 19.2 Å². The molecule has 2 N–H and O–H groups in total. The van der Waals surface area contributed by atoms with Crippen molar-refractivity contribution in [3.05, 3.63) is 29.3 Å². The van der Waals surface area contributed by atoms with Crippen LogP contribution in [-0.2, 0) is 0 Å². The zero-order valence-electron chi connectivity index (χ0n) is 13.1. The van der Waals surface area contributed by atoms with Crippen LogP contribution >= 0.6 is 0 Å². The molecule has 2 rings (SSSR count). The monoisotopic (exact) mass is 277 g/mol. The normalized spacial score (nSPS) is 21.6. The highest BCUT2D eigenvalue weighted by molar-refractivity contribution is 5.39. The Morgan fingerprint density at radius 1 is 1.35 bits per heavy atom. The molecule has 20 heavy (non-hydrogen) atoms. The second-order valence-corrected chi connectivity index (χ2v) is 6.73. The Hall–Kier alpha value is -1.06. The summed E-state index contributed by atoms with van der Waals surface area (Å²) in [5, 5.41) is 13.3. The molecule has 0 aliphatic heterocycles. The molecule has 0 bridgehead atoms. The molecule has 1 saturated carbocycles. The number of aliphatic hydroxyl groups excluding tert-OH is 1. The van der Waals surface area contributed by atoms with Gasteiger partial charge in [0.05, 0.1) is 0 Å². The SMILES string of the molecule is Cc1cccc(C)c1OCC(O)CNCC1CC1(C)C. The molecule has 1 aromatic carbocycles. The Labute approximate surface area is 122 Å². The van der Waals surface area contributed by atoms with Crippen LogP contribution in [0.15, 0.2) is 18.2 Å². The van der Waals surface area contributed by atoms with Crippen LogP contribution in [0.3, 0.4) is 0 Å². The van der Waals surface area contributed by atoms with Gasteiger partial charge in [-0.05, 0) is 49.3 Å². The van der Waals surface area contributed by atoms with Gasteiger partial charge in [0, 0.05) is 6.54 Å². The van der Waals surface area contributed by atoms with Crippen LogP contribution in [0.25, 0.3) is 0 Å². The minimum atomic E-state index is -0.462. The molecule has 1 fully saturated rings.